The zero-order valence-electron chi connectivity index (χ0n) is 12.1. The SMILES string of the molecule is CC(C)n1c([O-])c([N+]#N)c(=O)c2sc(-c3ccccc3)cc21. The van der Waals surface area contributed by atoms with Crippen molar-refractivity contribution in [2.75, 3.05) is 0 Å². The minimum absolute atomic E-state index is 0.144. The van der Waals surface area contributed by atoms with Gasteiger partial charge in [0.15, 0.2) is 4.98 Å². The lowest BCUT2D eigenvalue weighted by Crippen LogP contribution is -2.15. The summed E-state index contributed by atoms with van der Waals surface area (Å²) in [7, 11) is 0. The second-order valence-electron chi connectivity index (χ2n) is 5.24. The maximum absolute atomic E-state index is 12.3. The topological polar surface area (TPSA) is 73.2 Å². The Morgan fingerprint density at radius 3 is 2.55 bits per heavy atom. The first-order valence-electron chi connectivity index (χ1n) is 6.84. The molecule has 110 valence electrons. The Hall–Kier alpha value is -2.65. The summed E-state index contributed by atoms with van der Waals surface area (Å²) >= 11 is 1.30. The van der Waals surface area contributed by atoms with Crippen molar-refractivity contribution in [3.8, 4) is 16.3 Å². The van der Waals surface area contributed by atoms with Gasteiger partial charge in [0, 0.05) is 10.9 Å². The van der Waals surface area contributed by atoms with Gasteiger partial charge in [-0.1, -0.05) is 30.3 Å². The number of hydrogen-bond donors (Lipinski definition) is 0. The Balaban J connectivity index is 2.42. The maximum atomic E-state index is 12.3. The zero-order chi connectivity index (χ0) is 15.9. The fourth-order valence-corrected chi connectivity index (χ4v) is 3.59. The van der Waals surface area contributed by atoms with Crippen molar-refractivity contribution in [1.82, 2.24) is 4.57 Å². The van der Waals surface area contributed by atoms with Crippen molar-refractivity contribution in [2.45, 2.75) is 19.9 Å². The van der Waals surface area contributed by atoms with Crippen molar-refractivity contribution < 1.29 is 5.11 Å². The highest BCUT2D eigenvalue weighted by Gasteiger charge is 2.24. The van der Waals surface area contributed by atoms with Crippen LogP contribution in [0.3, 0.4) is 0 Å². The molecule has 0 fully saturated rings. The van der Waals surface area contributed by atoms with E-state index in [9.17, 15) is 9.90 Å². The lowest BCUT2D eigenvalue weighted by Gasteiger charge is -2.19. The van der Waals surface area contributed by atoms with Crippen LogP contribution in [0.5, 0.6) is 5.88 Å². The van der Waals surface area contributed by atoms with Crippen LogP contribution in [0.4, 0.5) is 5.69 Å². The molecule has 0 atom stereocenters. The second-order valence-corrected chi connectivity index (χ2v) is 6.29. The van der Waals surface area contributed by atoms with Crippen LogP contribution in [0, 0.1) is 5.39 Å². The Bertz CT molecular complexity index is 949. The molecule has 0 amide bonds. The van der Waals surface area contributed by atoms with Crippen LogP contribution in [0.25, 0.3) is 25.6 Å². The molecule has 2 heterocycles. The van der Waals surface area contributed by atoms with E-state index in [4.69, 9.17) is 5.39 Å². The summed E-state index contributed by atoms with van der Waals surface area (Å²) in [6.45, 7) is 3.71. The number of aromatic nitrogens is 1. The standard InChI is InChI=1S/C16H13N3O2S/c1-9(2)19-11-8-12(10-6-4-3-5-7-10)22-15(11)14(20)13(18-17)16(19)21/h3-9H,1-2H3. The number of fused-ring (bicyclic) bond motifs is 1. The lowest BCUT2D eigenvalue weighted by molar-refractivity contribution is -0.278. The van der Waals surface area contributed by atoms with Gasteiger partial charge in [-0.25, -0.2) is 0 Å². The van der Waals surface area contributed by atoms with Crippen LogP contribution in [0.2, 0.25) is 0 Å². The first kappa shape index (κ1) is 14.3. The normalized spacial score (nSPS) is 11.0. The second kappa shape index (κ2) is 5.28. The molecule has 1 aromatic carbocycles. The van der Waals surface area contributed by atoms with Crippen LogP contribution in [-0.4, -0.2) is 4.57 Å². The molecule has 5 nitrogen and oxygen atoms in total. The molecule has 6 heteroatoms. The summed E-state index contributed by atoms with van der Waals surface area (Å²) in [6.07, 6.45) is 0. The molecule has 0 saturated heterocycles. The lowest BCUT2D eigenvalue weighted by atomic mass is 10.2. The molecule has 0 unspecified atom stereocenters. The van der Waals surface area contributed by atoms with Crippen molar-refractivity contribution in [2.24, 2.45) is 0 Å². The molecular formula is C16H13N3O2S. The van der Waals surface area contributed by atoms with E-state index in [2.05, 4.69) is 4.98 Å². The minimum atomic E-state index is -0.563. The fraction of sp³-hybridized carbons (Fsp3) is 0.188. The molecule has 0 aliphatic heterocycles. The number of diazo groups is 1. The van der Waals surface area contributed by atoms with Gasteiger partial charge in [0.25, 0.3) is 5.43 Å². The van der Waals surface area contributed by atoms with E-state index < -0.39 is 17.0 Å². The zero-order valence-corrected chi connectivity index (χ0v) is 12.9. The molecule has 0 aliphatic rings. The van der Waals surface area contributed by atoms with E-state index >= 15 is 0 Å². The monoisotopic (exact) mass is 311 g/mol. The van der Waals surface area contributed by atoms with E-state index in [1.165, 1.54) is 15.9 Å². The fourth-order valence-electron chi connectivity index (χ4n) is 2.50. The summed E-state index contributed by atoms with van der Waals surface area (Å²) in [4.78, 5) is 16.1. The molecule has 0 bridgehead atoms. The predicted molar refractivity (Wildman–Crippen MR) is 86.1 cm³/mol. The highest BCUT2D eigenvalue weighted by Crippen LogP contribution is 2.37. The molecule has 0 N–H and O–H groups in total. The number of pyridine rings is 1. The largest absolute Gasteiger partial charge is 0.854 e. The predicted octanol–water partition coefficient (Wildman–Crippen LogP) is 3.87. The van der Waals surface area contributed by atoms with Crippen LogP contribution in [0.1, 0.15) is 19.9 Å². The van der Waals surface area contributed by atoms with Crippen molar-refractivity contribution in [3.05, 3.63) is 51.6 Å². The first-order chi connectivity index (χ1) is 10.5. The van der Waals surface area contributed by atoms with E-state index in [-0.39, 0.29) is 6.04 Å². The van der Waals surface area contributed by atoms with Crippen molar-refractivity contribution in [3.63, 3.8) is 0 Å². The van der Waals surface area contributed by atoms with Gasteiger partial charge in [0.05, 0.1) is 11.4 Å². The average molecular weight is 311 g/mol. The van der Waals surface area contributed by atoms with Crippen LogP contribution in [0.15, 0.2) is 41.2 Å². The number of rotatable bonds is 2. The summed E-state index contributed by atoms with van der Waals surface area (Å²) in [5, 5.41) is 21.3. The molecule has 0 spiro atoms. The molecule has 3 rings (SSSR count). The van der Waals surface area contributed by atoms with Gasteiger partial charge >= 0.3 is 5.69 Å². The van der Waals surface area contributed by atoms with Crippen LogP contribution in [-0.2, 0) is 0 Å². The Morgan fingerprint density at radius 1 is 1.27 bits per heavy atom. The Kier molecular flexibility index (Phi) is 3.43. The highest BCUT2D eigenvalue weighted by atomic mass is 32.1. The molecule has 0 aliphatic carbocycles. The van der Waals surface area contributed by atoms with Gasteiger partial charge in [-0.05, 0) is 25.5 Å². The molecule has 3 aromatic rings. The van der Waals surface area contributed by atoms with Crippen molar-refractivity contribution >= 4 is 27.2 Å². The van der Waals surface area contributed by atoms with Crippen molar-refractivity contribution in [1.29, 1.82) is 5.39 Å². The third-order valence-corrected chi connectivity index (χ3v) is 4.66. The number of benzene rings is 1. The van der Waals surface area contributed by atoms with E-state index in [0.717, 1.165) is 10.4 Å². The molecule has 2 aromatic heterocycles. The van der Waals surface area contributed by atoms with Gasteiger partial charge in [0.2, 0.25) is 5.39 Å². The Labute approximate surface area is 130 Å². The summed E-state index contributed by atoms with van der Waals surface area (Å²) in [5.74, 6) is -0.563. The maximum Gasteiger partial charge on any atom is 0.441 e. The molecular weight excluding hydrogens is 298 g/mol. The smallest absolute Gasteiger partial charge is 0.441 e. The molecule has 22 heavy (non-hydrogen) atoms. The van der Waals surface area contributed by atoms with E-state index in [1.54, 1.807) is 0 Å². The van der Waals surface area contributed by atoms with Gasteiger partial charge in [-0.3, -0.25) is 4.79 Å². The quantitative estimate of drug-likeness (QED) is 0.674. The Morgan fingerprint density at radius 2 is 1.95 bits per heavy atom. The minimum Gasteiger partial charge on any atom is -0.854 e. The molecule has 0 radical (unpaired) electrons. The number of thiophene rings is 1. The third-order valence-electron chi connectivity index (χ3n) is 3.49. The summed E-state index contributed by atoms with van der Waals surface area (Å²) in [6, 6.07) is 11.4. The van der Waals surface area contributed by atoms with Gasteiger partial charge < -0.3 is 9.67 Å². The third kappa shape index (κ3) is 2.07. The van der Waals surface area contributed by atoms with Gasteiger partial charge in [-0.15, -0.1) is 11.3 Å². The first-order valence-corrected chi connectivity index (χ1v) is 7.65. The van der Waals surface area contributed by atoms with Crippen LogP contribution >= 0.6 is 11.3 Å². The van der Waals surface area contributed by atoms with Gasteiger partial charge in [-0.2, -0.15) is 0 Å². The van der Waals surface area contributed by atoms with E-state index in [1.807, 2.05) is 50.2 Å². The summed E-state index contributed by atoms with van der Waals surface area (Å²) < 4.78 is 1.93. The van der Waals surface area contributed by atoms with E-state index in [0.29, 0.717) is 10.2 Å². The number of nitrogens with zero attached hydrogens (tertiary/aromatic N) is 3. The average Bonchev–Trinajstić information content (AvgIpc) is 2.93. The summed E-state index contributed by atoms with van der Waals surface area (Å²) in [5.41, 5.74) is 0.615. The number of hydrogen-bond acceptors (Lipinski definition) is 4. The molecule has 0 saturated carbocycles. The van der Waals surface area contributed by atoms with Crippen LogP contribution < -0.4 is 10.5 Å². The highest BCUT2D eigenvalue weighted by molar-refractivity contribution is 7.22. The van der Waals surface area contributed by atoms with Gasteiger partial charge in [0.1, 0.15) is 4.70 Å².